The van der Waals surface area contributed by atoms with Gasteiger partial charge in [0, 0.05) is 11.6 Å². The highest BCUT2D eigenvalue weighted by Crippen LogP contribution is 2.49. The molecular weight excluding hydrogens is 218 g/mol. The predicted octanol–water partition coefficient (Wildman–Crippen LogP) is 3.20. The number of nitrogen functional groups attached to an aromatic ring is 1. The molecule has 0 saturated heterocycles. The number of nitrogens with one attached hydrogen (secondary N) is 1. The van der Waals surface area contributed by atoms with Gasteiger partial charge >= 0.3 is 0 Å². The molecule has 2 unspecified atom stereocenters. The van der Waals surface area contributed by atoms with Gasteiger partial charge in [-0.15, -0.1) is 0 Å². The van der Waals surface area contributed by atoms with Crippen LogP contribution in [-0.2, 0) is 0 Å². The normalized spacial score (nSPS) is 28.1. The van der Waals surface area contributed by atoms with Crippen molar-refractivity contribution in [2.45, 2.75) is 51.0 Å². The molecule has 2 saturated carbocycles. The lowest BCUT2D eigenvalue weighted by Gasteiger charge is -2.05. The van der Waals surface area contributed by atoms with Crippen LogP contribution in [-0.4, -0.2) is 10.4 Å². The van der Waals surface area contributed by atoms with Crippen LogP contribution in [0.25, 0.3) is 0 Å². The molecule has 2 fully saturated rings. The molecule has 16 heavy (non-hydrogen) atoms. The Labute approximate surface area is 101 Å². The molecule has 4 heteroatoms. The lowest BCUT2D eigenvalue weighted by Crippen LogP contribution is -2.05. The summed E-state index contributed by atoms with van der Waals surface area (Å²) < 4.78 is 4.29. The smallest absolute Gasteiger partial charge is 0.142 e. The summed E-state index contributed by atoms with van der Waals surface area (Å²) in [5.41, 5.74) is 7.24. The van der Waals surface area contributed by atoms with Crippen molar-refractivity contribution in [1.82, 2.24) is 4.37 Å². The van der Waals surface area contributed by atoms with Crippen LogP contribution in [0.15, 0.2) is 0 Å². The Balaban J connectivity index is 1.66. The fourth-order valence-corrected chi connectivity index (χ4v) is 3.32. The van der Waals surface area contributed by atoms with E-state index in [2.05, 4.69) is 16.6 Å². The zero-order valence-electron chi connectivity index (χ0n) is 9.70. The molecule has 2 atom stereocenters. The van der Waals surface area contributed by atoms with E-state index in [1.54, 1.807) is 11.5 Å². The zero-order valence-corrected chi connectivity index (χ0v) is 10.5. The Morgan fingerprint density at radius 2 is 2.31 bits per heavy atom. The van der Waals surface area contributed by atoms with E-state index >= 15 is 0 Å². The highest BCUT2D eigenvalue weighted by molar-refractivity contribution is 7.10. The van der Waals surface area contributed by atoms with Gasteiger partial charge in [0.15, 0.2) is 0 Å². The van der Waals surface area contributed by atoms with E-state index in [1.807, 2.05) is 0 Å². The maximum atomic E-state index is 5.93. The van der Waals surface area contributed by atoms with Crippen molar-refractivity contribution in [3.8, 4) is 0 Å². The van der Waals surface area contributed by atoms with Gasteiger partial charge in [-0.3, -0.25) is 0 Å². The van der Waals surface area contributed by atoms with Gasteiger partial charge < -0.3 is 11.1 Å². The Morgan fingerprint density at radius 3 is 3.00 bits per heavy atom. The van der Waals surface area contributed by atoms with E-state index < -0.39 is 0 Å². The topological polar surface area (TPSA) is 50.9 Å². The monoisotopic (exact) mass is 237 g/mol. The van der Waals surface area contributed by atoms with E-state index in [0.717, 1.165) is 11.7 Å². The summed E-state index contributed by atoms with van der Waals surface area (Å²) >= 11 is 1.55. The molecule has 88 valence electrons. The van der Waals surface area contributed by atoms with Crippen LogP contribution in [0.5, 0.6) is 0 Å². The summed E-state index contributed by atoms with van der Waals surface area (Å²) in [7, 11) is 0. The minimum absolute atomic E-state index is 0.692. The largest absolute Gasteiger partial charge is 0.383 e. The minimum Gasteiger partial charge on any atom is -0.383 e. The summed E-state index contributed by atoms with van der Waals surface area (Å²) in [5, 5.41) is 4.89. The molecule has 0 bridgehead atoms. The first-order valence-corrected chi connectivity index (χ1v) is 7.08. The molecule has 1 aromatic heterocycles. The number of nitrogens with two attached hydrogens (primary N) is 1. The molecule has 3 N–H and O–H groups in total. The van der Waals surface area contributed by atoms with E-state index in [1.165, 1.54) is 42.7 Å². The van der Waals surface area contributed by atoms with Crippen molar-refractivity contribution in [2.24, 2.45) is 5.92 Å². The third-order valence-electron chi connectivity index (χ3n) is 3.64. The summed E-state index contributed by atoms with van der Waals surface area (Å²) in [6.07, 6.45) is 6.56. The third-order valence-corrected chi connectivity index (χ3v) is 4.45. The third kappa shape index (κ3) is 1.90. The summed E-state index contributed by atoms with van der Waals surface area (Å²) in [4.78, 5) is 0. The number of hydrogen-bond acceptors (Lipinski definition) is 4. The van der Waals surface area contributed by atoms with Crippen molar-refractivity contribution in [2.75, 3.05) is 11.1 Å². The molecule has 2 aliphatic carbocycles. The Kier molecular flexibility index (Phi) is 2.54. The number of hydrogen-bond donors (Lipinski definition) is 2. The zero-order chi connectivity index (χ0) is 11.1. The van der Waals surface area contributed by atoms with E-state index in [4.69, 9.17) is 5.73 Å². The second kappa shape index (κ2) is 3.91. The lowest BCUT2D eigenvalue weighted by atomic mass is 10.2. The highest BCUT2D eigenvalue weighted by Gasteiger charge is 2.38. The van der Waals surface area contributed by atoms with Gasteiger partial charge in [0.1, 0.15) is 10.8 Å². The molecular formula is C12H19N3S. The summed E-state index contributed by atoms with van der Waals surface area (Å²) in [5.74, 6) is 2.35. The van der Waals surface area contributed by atoms with Crippen LogP contribution in [0.4, 0.5) is 10.8 Å². The average molecular weight is 237 g/mol. The Morgan fingerprint density at radius 1 is 1.50 bits per heavy atom. The maximum Gasteiger partial charge on any atom is 0.142 e. The second-order valence-electron chi connectivity index (χ2n) is 5.12. The number of aromatic nitrogens is 1. The predicted molar refractivity (Wildman–Crippen MR) is 68.9 cm³/mol. The van der Waals surface area contributed by atoms with Crippen molar-refractivity contribution >= 4 is 22.4 Å². The van der Waals surface area contributed by atoms with Gasteiger partial charge in [-0.1, -0.05) is 13.3 Å². The lowest BCUT2D eigenvalue weighted by molar-refractivity contribution is 0.693. The van der Waals surface area contributed by atoms with Gasteiger partial charge in [-0.25, -0.2) is 0 Å². The first-order valence-electron chi connectivity index (χ1n) is 6.31. The molecule has 0 radical (unpaired) electrons. The molecule has 0 aliphatic heterocycles. The molecule has 1 aromatic rings. The van der Waals surface area contributed by atoms with Crippen LogP contribution < -0.4 is 11.1 Å². The standard InChI is InChI=1S/C12H19N3S/c1-2-3-8-6-9(8)14-12-10(7-4-5-7)11(13)15-16-12/h7-9,14H,2-6H2,1H3,(H2,13,15). The minimum atomic E-state index is 0.692. The number of anilines is 2. The first kappa shape index (κ1) is 10.4. The Hall–Kier alpha value is -0.770. The maximum absolute atomic E-state index is 5.93. The number of rotatable bonds is 5. The molecule has 2 aliphatic rings. The van der Waals surface area contributed by atoms with Crippen LogP contribution in [0.2, 0.25) is 0 Å². The molecule has 0 spiro atoms. The Bertz CT molecular complexity index is 384. The average Bonchev–Trinajstić information content (AvgIpc) is 3.14. The fraction of sp³-hybridized carbons (Fsp3) is 0.750. The van der Waals surface area contributed by atoms with Crippen molar-refractivity contribution in [3.63, 3.8) is 0 Å². The van der Waals surface area contributed by atoms with Crippen LogP contribution in [0.1, 0.15) is 50.5 Å². The van der Waals surface area contributed by atoms with Crippen molar-refractivity contribution < 1.29 is 0 Å². The molecule has 3 nitrogen and oxygen atoms in total. The summed E-state index contributed by atoms with van der Waals surface area (Å²) in [6, 6.07) is 0.692. The van der Waals surface area contributed by atoms with E-state index in [-0.39, 0.29) is 0 Å². The van der Waals surface area contributed by atoms with Gasteiger partial charge in [0.2, 0.25) is 0 Å². The molecule has 3 rings (SSSR count). The van der Waals surface area contributed by atoms with E-state index in [9.17, 15) is 0 Å². The molecule has 0 aromatic carbocycles. The van der Waals surface area contributed by atoms with Crippen molar-refractivity contribution in [1.29, 1.82) is 0 Å². The van der Waals surface area contributed by atoms with Crippen molar-refractivity contribution in [3.05, 3.63) is 5.56 Å². The van der Waals surface area contributed by atoms with Crippen LogP contribution >= 0.6 is 11.5 Å². The van der Waals surface area contributed by atoms with Gasteiger partial charge in [0.05, 0.1) is 0 Å². The number of nitrogens with zero attached hydrogens (tertiary/aromatic N) is 1. The van der Waals surface area contributed by atoms with Crippen LogP contribution in [0, 0.1) is 5.92 Å². The SMILES string of the molecule is CCCC1CC1Nc1snc(N)c1C1CC1. The van der Waals surface area contributed by atoms with Gasteiger partial charge in [-0.05, 0) is 49.1 Å². The van der Waals surface area contributed by atoms with E-state index in [0.29, 0.717) is 12.0 Å². The quantitative estimate of drug-likeness (QED) is 0.827. The first-order chi connectivity index (χ1) is 7.79. The second-order valence-corrected chi connectivity index (χ2v) is 5.89. The van der Waals surface area contributed by atoms with Crippen LogP contribution in [0.3, 0.4) is 0 Å². The summed E-state index contributed by atoms with van der Waals surface area (Å²) in [6.45, 7) is 2.26. The van der Waals surface area contributed by atoms with Gasteiger partial charge in [0.25, 0.3) is 0 Å². The highest BCUT2D eigenvalue weighted by atomic mass is 32.1. The fourth-order valence-electron chi connectivity index (χ4n) is 2.46. The van der Waals surface area contributed by atoms with Gasteiger partial charge in [-0.2, -0.15) is 4.37 Å². The molecule has 0 amide bonds. The molecule has 1 heterocycles.